The third-order valence-corrected chi connectivity index (χ3v) is 5.95. The molecule has 3 aromatic carbocycles. The van der Waals surface area contributed by atoms with Gasteiger partial charge < -0.3 is 14.4 Å². The summed E-state index contributed by atoms with van der Waals surface area (Å²) < 4.78 is 7.59. The molecule has 0 unspecified atom stereocenters. The molecule has 1 atom stereocenters. The number of carbonyl (C=O) groups excluding carboxylic acids is 1. The Kier molecular flexibility index (Phi) is 6.43. The molecule has 5 nitrogen and oxygen atoms in total. The molecule has 0 spiro atoms. The van der Waals surface area contributed by atoms with Gasteiger partial charge in [0.05, 0.1) is 12.2 Å². The molecule has 0 aliphatic carbocycles. The zero-order valence-electron chi connectivity index (χ0n) is 19.0. The quantitative estimate of drug-likeness (QED) is 0.365. The van der Waals surface area contributed by atoms with Gasteiger partial charge in [-0.05, 0) is 38.0 Å². The number of aliphatic carboxylic acids is 1. The van der Waals surface area contributed by atoms with Crippen LogP contribution in [-0.2, 0) is 22.7 Å². The van der Waals surface area contributed by atoms with E-state index in [0.717, 1.165) is 38.9 Å². The minimum absolute atomic E-state index is 0.0206. The van der Waals surface area contributed by atoms with Crippen LogP contribution < -0.4 is 0 Å². The van der Waals surface area contributed by atoms with Crippen molar-refractivity contribution in [2.24, 2.45) is 0 Å². The van der Waals surface area contributed by atoms with E-state index < -0.39 is 12.1 Å². The van der Waals surface area contributed by atoms with E-state index in [9.17, 15) is 9.59 Å². The lowest BCUT2D eigenvalue weighted by Crippen LogP contribution is -2.19. The highest BCUT2D eigenvalue weighted by atomic mass is 16.5. The van der Waals surface area contributed by atoms with Gasteiger partial charge in [0.15, 0.2) is 11.9 Å². The predicted molar refractivity (Wildman–Crippen MR) is 129 cm³/mol. The second-order valence-corrected chi connectivity index (χ2v) is 8.37. The summed E-state index contributed by atoms with van der Waals surface area (Å²) in [4.78, 5) is 24.4. The second-order valence-electron chi connectivity index (χ2n) is 8.37. The summed E-state index contributed by atoms with van der Waals surface area (Å²) in [5.41, 5.74) is 6.41. The highest BCUT2D eigenvalue weighted by molar-refractivity contribution is 6.17. The van der Waals surface area contributed by atoms with Crippen molar-refractivity contribution >= 4 is 22.7 Å². The van der Waals surface area contributed by atoms with E-state index in [4.69, 9.17) is 9.84 Å². The molecule has 0 saturated carbocycles. The van der Waals surface area contributed by atoms with Gasteiger partial charge >= 0.3 is 5.97 Å². The molecule has 4 rings (SSSR count). The first kappa shape index (κ1) is 22.5. The number of aromatic nitrogens is 1. The number of rotatable bonds is 8. The fraction of sp³-hybridized carbons (Fsp3) is 0.214. The molecule has 0 aliphatic heterocycles. The smallest absolute Gasteiger partial charge is 0.332 e. The van der Waals surface area contributed by atoms with Crippen LogP contribution >= 0.6 is 0 Å². The van der Waals surface area contributed by atoms with Gasteiger partial charge in [0, 0.05) is 28.7 Å². The van der Waals surface area contributed by atoms with E-state index in [-0.39, 0.29) is 12.4 Å². The maximum atomic E-state index is 13.4. The number of ether oxygens (including phenoxy) is 1. The van der Waals surface area contributed by atoms with Gasteiger partial charge in [-0.1, -0.05) is 72.3 Å². The van der Waals surface area contributed by atoms with Crippen molar-refractivity contribution in [3.8, 4) is 0 Å². The average Bonchev–Trinajstić information content (AvgIpc) is 3.09. The molecule has 4 aromatic rings. The number of hydrogen-bond acceptors (Lipinski definition) is 3. The van der Waals surface area contributed by atoms with Gasteiger partial charge in [-0.15, -0.1) is 0 Å². The second kappa shape index (κ2) is 9.43. The van der Waals surface area contributed by atoms with E-state index >= 15 is 0 Å². The van der Waals surface area contributed by atoms with Crippen molar-refractivity contribution < 1.29 is 19.4 Å². The lowest BCUT2D eigenvalue weighted by atomic mass is 10.00. The Morgan fingerprint density at radius 1 is 0.939 bits per heavy atom. The highest BCUT2D eigenvalue weighted by Gasteiger charge is 2.21. The molecular weight excluding hydrogens is 414 g/mol. The molecular formula is C28H27NO4. The minimum atomic E-state index is -0.980. The van der Waals surface area contributed by atoms with Crippen LogP contribution in [0.1, 0.15) is 45.2 Å². The maximum absolute atomic E-state index is 13.4. The summed E-state index contributed by atoms with van der Waals surface area (Å²) in [6.07, 6.45) is -0.861. The molecule has 0 radical (unpaired) electrons. The summed E-state index contributed by atoms with van der Waals surface area (Å²) in [6.45, 7) is 6.34. The lowest BCUT2D eigenvalue weighted by Gasteiger charge is -2.12. The van der Waals surface area contributed by atoms with Crippen molar-refractivity contribution in [1.82, 2.24) is 4.57 Å². The van der Waals surface area contributed by atoms with E-state index in [1.165, 1.54) is 6.92 Å². The third kappa shape index (κ3) is 4.73. The number of carboxylic acids is 1. The topological polar surface area (TPSA) is 68.5 Å². The first-order chi connectivity index (χ1) is 15.8. The number of hydrogen-bond donors (Lipinski definition) is 1. The number of fused-ring (bicyclic) bond motifs is 1. The molecule has 0 amide bonds. The molecule has 168 valence electrons. The highest BCUT2D eigenvalue weighted by Crippen LogP contribution is 2.29. The number of para-hydroxylation sites is 1. The van der Waals surface area contributed by atoms with Crippen molar-refractivity contribution in [2.45, 2.75) is 40.0 Å². The van der Waals surface area contributed by atoms with Crippen LogP contribution in [0.3, 0.4) is 0 Å². The molecule has 33 heavy (non-hydrogen) atoms. The van der Waals surface area contributed by atoms with Crippen LogP contribution in [-0.4, -0.2) is 27.5 Å². The Bertz CT molecular complexity index is 1320. The summed E-state index contributed by atoms with van der Waals surface area (Å²) in [7, 11) is 0. The van der Waals surface area contributed by atoms with Gasteiger partial charge in [-0.25, -0.2) is 4.79 Å². The number of nitrogens with zero attached hydrogens (tertiary/aromatic N) is 1. The maximum Gasteiger partial charge on any atom is 0.332 e. The largest absolute Gasteiger partial charge is 0.479 e. The van der Waals surface area contributed by atoms with Crippen molar-refractivity contribution in [2.75, 3.05) is 0 Å². The van der Waals surface area contributed by atoms with E-state index in [2.05, 4.69) is 4.57 Å². The predicted octanol–water partition coefficient (Wildman–Crippen LogP) is 5.53. The molecule has 0 fully saturated rings. The Balaban J connectivity index is 1.68. The zero-order valence-corrected chi connectivity index (χ0v) is 19.0. The molecule has 0 saturated heterocycles. The van der Waals surface area contributed by atoms with E-state index in [1.54, 1.807) is 0 Å². The normalized spacial score (nSPS) is 12.1. The van der Waals surface area contributed by atoms with Crippen molar-refractivity contribution in [3.05, 3.63) is 106 Å². The minimum Gasteiger partial charge on any atom is -0.479 e. The summed E-state index contributed by atoms with van der Waals surface area (Å²) in [5.74, 6) is -0.960. The molecule has 1 N–H and O–H groups in total. The number of aryl methyl sites for hydroxylation is 1. The first-order valence-electron chi connectivity index (χ1n) is 11.0. The fourth-order valence-electron chi connectivity index (χ4n) is 4.06. The van der Waals surface area contributed by atoms with Crippen molar-refractivity contribution in [1.29, 1.82) is 0 Å². The standard InChI is InChI=1S/C28H27NO4/c1-18-11-13-23(14-12-18)27(30)26-19(2)29(25-10-5-4-9-24(25)26)16-21-7-6-8-22(15-21)17-33-20(3)28(31)32/h4-15,20H,16-17H2,1-3H3,(H,31,32)/t20-/m1/s1. The lowest BCUT2D eigenvalue weighted by molar-refractivity contribution is -0.149. The van der Waals surface area contributed by atoms with Gasteiger partial charge in [0.1, 0.15) is 0 Å². The van der Waals surface area contributed by atoms with E-state index in [0.29, 0.717) is 12.1 Å². The number of ketones is 1. The number of benzene rings is 3. The van der Waals surface area contributed by atoms with Gasteiger partial charge in [0.25, 0.3) is 0 Å². The SMILES string of the molecule is Cc1ccc(C(=O)c2c(C)n(Cc3cccc(CO[C@H](C)C(=O)O)c3)c3ccccc23)cc1. The monoisotopic (exact) mass is 441 g/mol. The average molecular weight is 442 g/mol. The Hall–Kier alpha value is -3.70. The number of carbonyl (C=O) groups is 2. The first-order valence-corrected chi connectivity index (χ1v) is 11.0. The Morgan fingerprint density at radius 2 is 1.64 bits per heavy atom. The van der Waals surface area contributed by atoms with Crippen LogP contribution in [0.2, 0.25) is 0 Å². The van der Waals surface area contributed by atoms with Crippen LogP contribution in [0.5, 0.6) is 0 Å². The van der Waals surface area contributed by atoms with Gasteiger partial charge in [0.2, 0.25) is 0 Å². The van der Waals surface area contributed by atoms with Gasteiger partial charge in [-0.3, -0.25) is 4.79 Å². The van der Waals surface area contributed by atoms with Crippen LogP contribution in [0.15, 0.2) is 72.8 Å². The fourth-order valence-corrected chi connectivity index (χ4v) is 4.06. The summed E-state index contributed by atoms with van der Waals surface area (Å²) in [5, 5.41) is 9.97. The summed E-state index contributed by atoms with van der Waals surface area (Å²) >= 11 is 0. The van der Waals surface area contributed by atoms with Crippen molar-refractivity contribution in [3.63, 3.8) is 0 Å². The molecule has 1 heterocycles. The number of carboxylic acid groups (broad SMARTS) is 1. The molecule has 0 bridgehead atoms. The molecule has 0 aliphatic rings. The zero-order chi connectivity index (χ0) is 23.5. The third-order valence-electron chi connectivity index (χ3n) is 5.95. The Morgan fingerprint density at radius 3 is 2.36 bits per heavy atom. The van der Waals surface area contributed by atoms with Crippen LogP contribution in [0.25, 0.3) is 10.9 Å². The van der Waals surface area contributed by atoms with Crippen LogP contribution in [0.4, 0.5) is 0 Å². The van der Waals surface area contributed by atoms with E-state index in [1.807, 2.05) is 86.6 Å². The summed E-state index contributed by atoms with van der Waals surface area (Å²) in [6, 6.07) is 23.6. The Labute approximate surface area is 193 Å². The van der Waals surface area contributed by atoms with Crippen LogP contribution in [0, 0.1) is 13.8 Å². The molecule has 1 aromatic heterocycles. The van der Waals surface area contributed by atoms with Gasteiger partial charge in [-0.2, -0.15) is 0 Å². The molecule has 5 heteroatoms.